The Hall–Kier alpha value is -1.53. The van der Waals surface area contributed by atoms with Crippen LogP contribution in [-0.4, -0.2) is 16.1 Å². The van der Waals surface area contributed by atoms with Crippen LogP contribution in [-0.2, 0) is 6.54 Å². The summed E-state index contributed by atoms with van der Waals surface area (Å²) < 4.78 is 0.960. The third-order valence-corrected chi connectivity index (χ3v) is 3.99. The molecule has 1 heterocycles. The molecular formula is C12H10BrNO3S. The van der Waals surface area contributed by atoms with Gasteiger partial charge in [-0.3, -0.25) is 4.79 Å². The molecule has 0 fully saturated rings. The number of nitrogens with one attached hydrogen (secondary N) is 1. The lowest BCUT2D eigenvalue weighted by atomic mass is 10.1. The molecule has 2 aromatic rings. The zero-order chi connectivity index (χ0) is 13.1. The molecule has 0 aliphatic heterocycles. The Morgan fingerprint density at radius 3 is 2.56 bits per heavy atom. The summed E-state index contributed by atoms with van der Waals surface area (Å²) in [6, 6.07) is 6.08. The lowest BCUT2D eigenvalue weighted by molar-refractivity contribution is 0.0946. The Morgan fingerprint density at radius 2 is 2.00 bits per heavy atom. The van der Waals surface area contributed by atoms with Crippen LogP contribution in [0.4, 0.5) is 0 Å². The molecule has 0 unspecified atom stereocenters. The van der Waals surface area contributed by atoms with Crippen molar-refractivity contribution in [1.29, 1.82) is 0 Å². The quantitative estimate of drug-likeness (QED) is 0.811. The highest BCUT2D eigenvalue weighted by atomic mass is 79.9. The van der Waals surface area contributed by atoms with Crippen molar-refractivity contribution < 1.29 is 15.0 Å². The van der Waals surface area contributed by atoms with Gasteiger partial charge in [0, 0.05) is 14.7 Å². The van der Waals surface area contributed by atoms with Gasteiger partial charge in [-0.1, -0.05) is 6.07 Å². The number of phenolic OH excluding ortho intramolecular Hbond substituents is 2. The van der Waals surface area contributed by atoms with Gasteiger partial charge in [-0.05, 0) is 34.1 Å². The van der Waals surface area contributed by atoms with E-state index >= 15 is 0 Å². The maximum Gasteiger partial charge on any atom is 0.259 e. The number of benzene rings is 1. The van der Waals surface area contributed by atoms with Crippen molar-refractivity contribution in [2.75, 3.05) is 0 Å². The maximum absolute atomic E-state index is 11.8. The predicted molar refractivity (Wildman–Crippen MR) is 73.0 cm³/mol. The first-order chi connectivity index (χ1) is 8.58. The Bertz CT molecular complexity index is 562. The van der Waals surface area contributed by atoms with Crippen LogP contribution in [0, 0.1) is 0 Å². The van der Waals surface area contributed by atoms with Crippen LogP contribution in [0.3, 0.4) is 0 Å². The van der Waals surface area contributed by atoms with Crippen LogP contribution in [0.2, 0.25) is 0 Å². The minimum atomic E-state index is -0.505. The molecular weight excluding hydrogens is 318 g/mol. The number of carbonyl (C=O) groups excluding carboxylic acids is 1. The minimum absolute atomic E-state index is 0.104. The third kappa shape index (κ3) is 2.83. The first-order valence-electron chi connectivity index (χ1n) is 5.10. The topological polar surface area (TPSA) is 69.6 Å². The summed E-state index contributed by atoms with van der Waals surface area (Å²) in [7, 11) is 0. The van der Waals surface area contributed by atoms with E-state index in [1.807, 2.05) is 11.4 Å². The number of amides is 1. The van der Waals surface area contributed by atoms with Gasteiger partial charge in [0.25, 0.3) is 5.91 Å². The second-order valence-electron chi connectivity index (χ2n) is 3.59. The summed E-state index contributed by atoms with van der Waals surface area (Å²) in [5.74, 6) is -0.977. The van der Waals surface area contributed by atoms with E-state index in [1.54, 1.807) is 0 Å². The number of thiophene rings is 1. The van der Waals surface area contributed by atoms with Crippen molar-refractivity contribution in [3.63, 3.8) is 0 Å². The number of rotatable bonds is 3. The van der Waals surface area contributed by atoms with Crippen LogP contribution in [0.5, 0.6) is 11.5 Å². The van der Waals surface area contributed by atoms with Crippen molar-refractivity contribution in [2.24, 2.45) is 0 Å². The standard InChI is InChI=1S/C12H10BrNO3S/c13-7-4-8(18-6-7)5-14-12(17)11-9(15)2-1-3-10(11)16/h1-4,6,15-16H,5H2,(H,14,17). The molecule has 0 saturated carbocycles. The van der Waals surface area contributed by atoms with Crippen LogP contribution >= 0.6 is 27.3 Å². The molecule has 18 heavy (non-hydrogen) atoms. The number of carbonyl (C=O) groups is 1. The fourth-order valence-electron chi connectivity index (χ4n) is 1.46. The second-order valence-corrected chi connectivity index (χ2v) is 5.50. The molecule has 2 rings (SSSR count). The molecule has 0 spiro atoms. The van der Waals surface area contributed by atoms with Crippen molar-refractivity contribution in [1.82, 2.24) is 5.32 Å². The Morgan fingerprint density at radius 1 is 1.33 bits per heavy atom. The number of halogens is 1. The van der Waals surface area contributed by atoms with Crippen molar-refractivity contribution >= 4 is 33.2 Å². The normalized spacial score (nSPS) is 10.3. The highest BCUT2D eigenvalue weighted by molar-refractivity contribution is 9.10. The number of hydrogen-bond donors (Lipinski definition) is 3. The monoisotopic (exact) mass is 327 g/mol. The molecule has 6 heteroatoms. The van der Waals surface area contributed by atoms with Crippen LogP contribution < -0.4 is 5.32 Å². The Balaban J connectivity index is 2.08. The molecule has 0 saturated heterocycles. The molecule has 94 valence electrons. The van der Waals surface area contributed by atoms with Crippen LogP contribution in [0.15, 0.2) is 34.1 Å². The zero-order valence-electron chi connectivity index (χ0n) is 9.18. The molecule has 3 N–H and O–H groups in total. The first kappa shape index (κ1) is 12.9. The molecule has 4 nitrogen and oxygen atoms in total. The lowest BCUT2D eigenvalue weighted by Crippen LogP contribution is -2.22. The highest BCUT2D eigenvalue weighted by Gasteiger charge is 2.15. The molecule has 0 aliphatic carbocycles. The zero-order valence-corrected chi connectivity index (χ0v) is 11.6. The van der Waals surface area contributed by atoms with Gasteiger partial charge in [0.05, 0.1) is 6.54 Å². The fraction of sp³-hybridized carbons (Fsp3) is 0.0833. The van der Waals surface area contributed by atoms with Gasteiger partial charge >= 0.3 is 0 Å². The summed E-state index contributed by atoms with van der Waals surface area (Å²) in [5, 5.41) is 23.6. The van der Waals surface area contributed by atoms with E-state index in [-0.39, 0.29) is 17.1 Å². The smallest absolute Gasteiger partial charge is 0.259 e. The molecule has 1 aromatic heterocycles. The van der Waals surface area contributed by atoms with Gasteiger partial charge in [-0.15, -0.1) is 11.3 Å². The lowest BCUT2D eigenvalue weighted by Gasteiger charge is -2.07. The summed E-state index contributed by atoms with van der Waals surface area (Å²) in [6.07, 6.45) is 0. The van der Waals surface area contributed by atoms with Gasteiger partial charge in [-0.2, -0.15) is 0 Å². The van der Waals surface area contributed by atoms with Crippen molar-refractivity contribution in [2.45, 2.75) is 6.54 Å². The van der Waals surface area contributed by atoms with E-state index in [0.29, 0.717) is 6.54 Å². The SMILES string of the molecule is O=C(NCc1cc(Br)cs1)c1c(O)cccc1O. The van der Waals surface area contributed by atoms with E-state index in [2.05, 4.69) is 21.2 Å². The average molecular weight is 328 g/mol. The predicted octanol–water partition coefficient (Wildman–Crippen LogP) is 2.85. The summed E-state index contributed by atoms with van der Waals surface area (Å²) in [6.45, 7) is 0.350. The van der Waals surface area contributed by atoms with Crippen LogP contribution in [0.1, 0.15) is 15.2 Å². The van der Waals surface area contributed by atoms with E-state index in [1.165, 1.54) is 29.5 Å². The van der Waals surface area contributed by atoms with E-state index < -0.39 is 5.91 Å². The number of phenols is 2. The van der Waals surface area contributed by atoms with E-state index in [4.69, 9.17) is 0 Å². The molecule has 0 aliphatic rings. The summed E-state index contributed by atoms with van der Waals surface area (Å²) in [5.41, 5.74) is -0.104. The number of aromatic hydroxyl groups is 2. The Labute approximate surface area is 116 Å². The highest BCUT2D eigenvalue weighted by Crippen LogP contribution is 2.26. The number of hydrogen-bond acceptors (Lipinski definition) is 4. The molecule has 0 atom stereocenters. The van der Waals surface area contributed by atoms with Gasteiger partial charge in [0.15, 0.2) is 0 Å². The molecule has 1 aromatic carbocycles. The van der Waals surface area contributed by atoms with Gasteiger partial charge < -0.3 is 15.5 Å². The Kier molecular flexibility index (Phi) is 3.88. The van der Waals surface area contributed by atoms with Crippen LogP contribution in [0.25, 0.3) is 0 Å². The summed E-state index contributed by atoms with van der Waals surface area (Å²) >= 11 is 4.83. The minimum Gasteiger partial charge on any atom is -0.507 e. The maximum atomic E-state index is 11.8. The molecule has 0 bridgehead atoms. The third-order valence-electron chi connectivity index (χ3n) is 2.29. The fourth-order valence-corrected chi connectivity index (χ4v) is 2.85. The van der Waals surface area contributed by atoms with Gasteiger partial charge in [0.2, 0.25) is 0 Å². The molecule has 0 radical (unpaired) electrons. The average Bonchev–Trinajstić information content (AvgIpc) is 2.72. The summed E-state index contributed by atoms with van der Waals surface area (Å²) in [4.78, 5) is 12.8. The van der Waals surface area contributed by atoms with E-state index in [0.717, 1.165) is 9.35 Å². The first-order valence-corrected chi connectivity index (χ1v) is 6.77. The van der Waals surface area contributed by atoms with Crippen molar-refractivity contribution in [3.8, 4) is 11.5 Å². The second kappa shape index (κ2) is 5.41. The molecule has 1 amide bonds. The van der Waals surface area contributed by atoms with Crippen molar-refractivity contribution in [3.05, 3.63) is 44.6 Å². The van der Waals surface area contributed by atoms with Gasteiger partial charge in [-0.25, -0.2) is 0 Å². The van der Waals surface area contributed by atoms with E-state index in [9.17, 15) is 15.0 Å². The van der Waals surface area contributed by atoms with Gasteiger partial charge in [0.1, 0.15) is 17.1 Å². The largest absolute Gasteiger partial charge is 0.507 e.